The van der Waals surface area contributed by atoms with Crippen LogP contribution in [0.25, 0.3) is 0 Å². The fourth-order valence-electron chi connectivity index (χ4n) is 4.71. The van der Waals surface area contributed by atoms with E-state index in [9.17, 15) is 14.7 Å². The van der Waals surface area contributed by atoms with Crippen molar-refractivity contribution in [2.24, 2.45) is 11.3 Å². The van der Waals surface area contributed by atoms with Crippen LogP contribution in [0, 0.1) is 18.3 Å². The highest BCUT2D eigenvalue weighted by molar-refractivity contribution is 7.08. The van der Waals surface area contributed by atoms with Crippen LogP contribution in [0.3, 0.4) is 0 Å². The lowest BCUT2D eigenvalue weighted by molar-refractivity contribution is -0.145. The van der Waals surface area contributed by atoms with E-state index < -0.39 is 5.97 Å². The summed E-state index contributed by atoms with van der Waals surface area (Å²) in [5.74, 6) is -1.00. The molecule has 2 aliphatic heterocycles. The van der Waals surface area contributed by atoms with Gasteiger partial charge in [0.2, 0.25) is 0 Å². The normalized spacial score (nSPS) is 21.9. The summed E-state index contributed by atoms with van der Waals surface area (Å²) in [4.78, 5) is 28.8. The van der Waals surface area contributed by atoms with Gasteiger partial charge in [0.25, 0.3) is 5.91 Å². The van der Waals surface area contributed by atoms with Crippen molar-refractivity contribution in [1.82, 2.24) is 9.80 Å². The lowest BCUT2D eigenvalue weighted by atomic mass is 9.71. The van der Waals surface area contributed by atoms with E-state index in [2.05, 4.69) is 36.1 Å². The SMILES string of the molecule is Cc1ccc(CN2CC(C(=O)O)C3(CCN(C(=O)c4ccsc4)CC3)C2)cc1. The Morgan fingerprint density at radius 1 is 1.18 bits per heavy atom. The smallest absolute Gasteiger partial charge is 0.308 e. The summed E-state index contributed by atoms with van der Waals surface area (Å²) in [6, 6.07) is 10.3. The lowest BCUT2D eigenvalue weighted by Crippen LogP contribution is -2.47. The van der Waals surface area contributed by atoms with E-state index in [0.29, 0.717) is 19.6 Å². The summed E-state index contributed by atoms with van der Waals surface area (Å²) in [6.45, 7) is 5.50. The Labute approximate surface area is 169 Å². The number of carbonyl (C=O) groups excluding carboxylic acids is 1. The fraction of sp³-hybridized carbons (Fsp3) is 0.455. The topological polar surface area (TPSA) is 60.9 Å². The molecule has 1 aromatic heterocycles. The maximum absolute atomic E-state index is 12.6. The third-order valence-electron chi connectivity index (χ3n) is 6.36. The van der Waals surface area contributed by atoms with Crippen LogP contribution in [-0.4, -0.2) is 53.0 Å². The second-order valence-corrected chi connectivity index (χ2v) is 8.99. The molecule has 0 saturated carbocycles. The quantitative estimate of drug-likeness (QED) is 0.856. The van der Waals surface area contributed by atoms with Crippen LogP contribution in [0.4, 0.5) is 0 Å². The molecule has 3 heterocycles. The van der Waals surface area contributed by atoms with Crippen molar-refractivity contribution in [3.05, 3.63) is 57.8 Å². The van der Waals surface area contributed by atoms with Crippen LogP contribution in [0.2, 0.25) is 0 Å². The number of likely N-dealkylation sites (tertiary alicyclic amines) is 2. The molecule has 5 nitrogen and oxygen atoms in total. The molecule has 1 unspecified atom stereocenters. The molecule has 4 rings (SSSR count). The first-order valence-corrected chi connectivity index (χ1v) is 10.7. The number of hydrogen-bond donors (Lipinski definition) is 1. The van der Waals surface area contributed by atoms with Gasteiger partial charge in [-0.25, -0.2) is 0 Å². The molecule has 2 saturated heterocycles. The summed E-state index contributed by atoms with van der Waals surface area (Å²) in [6.07, 6.45) is 1.51. The van der Waals surface area contributed by atoms with Crippen molar-refractivity contribution in [2.75, 3.05) is 26.2 Å². The predicted octanol–water partition coefficient (Wildman–Crippen LogP) is 3.50. The second kappa shape index (κ2) is 7.68. The Kier molecular flexibility index (Phi) is 5.25. The Morgan fingerprint density at radius 3 is 2.50 bits per heavy atom. The largest absolute Gasteiger partial charge is 0.481 e. The van der Waals surface area contributed by atoms with E-state index in [1.54, 1.807) is 0 Å². The molecule has 0 radical (unpaired) electrons. The van der Waals surface area contributed by atoms with Gasteiger partial charge in [0.15, 0.2) is 0 Å². The maximum atomic E-state index is 12.6. The Bertz CT molecular complexity index is 839. The van der Waals surface area contributed by atoms with Crippen molar-refractivity contribution in [3.8, 4) is 0 Å². The standard InChI is InChI=1S/C22H26N2O3S/c1-16-2-4-17(5-3-16)12-23-13-19(21(26)27)22(15-23)7-9-24(10-8-22)20(25)18-6-11-28-14-18/h2-6,11,14,19H,7-10,12-13,15H2,1H3,(H,26,27). The monoisotopic (exact) mass is 398 g/mol. The molecule has 0 aliphatic carbocycles. The van der Waals surface area contributed by atoms with Crippen molar-refractivity contribution in [1.29, 1.82) is 0 Å². The van der Waals surface area contributed by atoms with E-state index in [4.69, 9.17) is 0 Å². The Hall–Kier alpha value is -2.18. The zero-order valence-corrected chi connectivity index (χ0v) is 17.0. The number of carboxylic acids is 1. The molecule has 0 bridgehead atoms. The van der Waals surface area contributed by atoms with Crippen LogP contribution >= 0.6 is 11.3 Å². The van der Waals surface area contributed by atoms with E-state index in [1.807, 2.05) is 21.7 Å². The first kappa shape index (κ1) is 19.2. The van der Waals surface area contributed by atoms with E-state index >= 15 is 0 Å². The Balaban J connectivity index is 1.44. The number of aliphatic carboxylic acids is 1. The minimum atomic E-state index is -0.705. The molecule has 2 aliphatic rings. The van der Waals surface area contributed by atoms with Gasteiger partial charge in [-0.3, -0.25) is 14.5 Å². The van der Waals surface area contributed by atoms with Crippen LogP contribution < -0.4 is 0 Å². The number of rotatable bonds is 4. The molecular formula is C22H26N2O3S. The molecule has 1 atom stereocenters. The van der Waals surface area contributed by atoms with E-state index in [-0.39, 0.29) is 17.2 Å². The van der Waals surface area contributed by atoms with Gasteiger partial charge in [0.1, 0.15) is 0 Å². The van der Waals surface area contributed by atoms with Crippen molar-refractivity contribution >= 4 is 23.2 Å². The predicted molar refractivity (Wildman–Crippen MR) is 109 cm³/mol. The minimum absolute atomic E-state index is 0.0671. The summed E-state index contributed by atoms with van der Waals surface area (Å²) in [5.41, 5.74) is 2.95. The molecule has 148 valence electrons. The fourth-order valence-corrected chi connectivity index (χ4v) is 5.34. The molecule has 28 heavy (non-hydrogen) atoms. The maximum Gasteiger partial charge on any atom is 0.308 e. The van der Waals surface area contributed by atoms with Gasteiger partial charge in [-0.1, -0.05) is 29.8 Å². The first-order valence-electron chi connectivity index (χ1n) is 9.79. The highest BCUT2D eigenvalue weighted by Crippen LogP contribution is 2.45. The van der Waals surface area contributed by atoms with Gasteiger partial charge in [0, 0.05) is 43.5 Å². The van der Waals surface area contributed by atoms with Gasteiger partial charge >= 0.3 is 5.97 Å². The molecule has 1 N–H and O–H groups in total. The highest BCUT2D eigenvalue weighted by Gasteiger charge is 2.51. The molecular weight excluding hydrogens is 372 g/mol. The highest BCUT2D eigenvalue weighted by atomic mass is 32.1. The van der Waals surface area contributed by atoms with Gasteiger partial charge < -0.3 is 10.0 Å². The summed E-state index contributed by atoms with van der Waals surface area (Å²) in [5, 5.41) is 13.7. The average molecular weight is 399 g/mol. The summed E-state index contributed by atoms with van der Waals surface area (Å²) < 4.78 is 0. The Morgan fingerprint density at radius 2 is 1.89 bits per heavy atom. The summed E-state index contributed by atoms with van der Waals surface area (Å²) in [7, 11) is 0. The van der Waals surface area contributed by atoms with Gasteiger partial charge in [0.05, 0.1) is 11.5 Å². The molecule has 1 spiro atoms. The minimum Gasteiger partial charge on any atom is -0.481 e. The number of carboxylic acid groups (broad SMARTS) is 1. The number of carbonyl (C=O) groups is 2. The number of piperidine rings is 1. The van der Waals surface area contributed by atoms with E-state index in [0.717, 1.165) is 31.5 Å². The zero-order chi connectivity index (χ0) is 19.7. The molecule has 1 amide bonds. The number of benzene rings is 1. The van der Waals surface area contributed by atoms with Crippen molar-refractivity contribution in [3.63, 3.8) is 0 Å². The third kappa shape index (κ3) is 3.71. The van der Waals surface area contributed by atoms with Gasteiger partial charge in [-0.2, -0.15) is 11.3 Å². The van der Waals surface area contributed by atoms with Gasteiger partial charge in [-0.05, 0) is 36.8 Å². The van der Waals surface area contributed by atoms with E-state index in [1.165, 1.54) is 22.5 Å². The number of aryl methyl sites for hydroxylation is 1. The summed E-state index contributed by atoms with van der Waals surface area (Å²) >= 11 is 1.53. The van der Waals surface area contributed by atoms with Crippen LogP contribution in [0.1, 0.15) is 34.3 Å². The van der Waals surface area contributed by atoms with Crippen molar-refractivity contribution < 1.29 is 14.7 Å². The average Bonchev–Trinajstić information content (AvgIpc) is 3.33. The second-order valence-electron chi connectivity index (χ2n) is 8.21. The number of nitrogens with zero attached hydrogens (tertiary/aromatic N) is 2. The lowest BCUT2D eigenvalue weighted by Gasteiger charge is -2.41. The molecule has 1 aromatic carbocycles. The molecule has 2 fully saturated rings. The zero-order valence-electron chi connectivity index (χ0n) is 16.1. The first-order chi connectivity index (χ1) is 13.5. The number of thiophene rings is 1. The number of amides is 1. The number of hydrogen-bond acceptors (Lipinski definition) is 4. The molecule has 2 aromatic rings. The van der Waals surface area contributed by atoms with Crippen LogP contribution in [0.15, 0.2) is 41.1 Å². The van der Waals surface area contributed by atoms with Crippen LogP contribution in [-0.2, 0) is 11.3 Å². The molecule has 6 heteroatoms. The van der Waals surface area contributed by atoms with Crippen LogP contribution in [0.5, 0.6) is 0 Å². The van der Waals surface area contributed by atoms with Crippen molar-refractivity contribution in [2.45, 2.75) is 26.3 Å². The van der Waals surface area contributed by atoms with Gasteiger partial charge in [-0.15, -0.1) is 0 Å². The third-order valence-corrected chi connectivity index (χ3v) is 7.04.